The summed E-state index contributed by atoms with van der Waals surface area (Å²) < 4.78 is 3.43. The number of aromatic nitrogens is 5. The molecule has 0 unspecified atom stereocenters. The Morgan fingerprint density at radius 1 is 0.946 bits per heavy atom. The molecule has 0 aliphatic carbocycles. The standard InChI is InChI=1S/C27H18N6O3S/c1-17-10-12-18(13-11-17)25-28-27-32(30-25)26(34)23(37-27)15-20-16-31(21-7-3-2-4-8-21)29-24(20)19-6-5-9-22(14-19)33(35)36/h2-16H,1H3/b23-15-. The number of nitro benzene ring substituents is 1. The summed E-state index contributed by atoms with van der Waals surface area (Å²) in [5.41, 5.74) is 4.19. The molecular formula is C27H18N6O3S. The Hall–Kier alpha value is -4.96. The van der Waals surface area contributed by atoms with Crippen molar-refractivity contribution in [2.75, 3.05) is 0 Å². The van der Waals surface area contributed by atoms with E-state index in [0.717, 1.165) is 16.8 Å². The van der Waals surface area contributed by atoms with Crippen LogP contribution in [0.25, 0.3) is 39.4 Å². The third-order valence-electron chi connectivity index (χ3n) is 5.87. The summed E-state index contributed by atoms with van der Waals surface area (Å²) in [4.78, 5) is 29.2. The molecule has 37 heavy (non-hydrogen) atoms. The van der Waals surface area contributed by atoms with E-state index in [1.165, 1.54) is 28.0 Å². The highest BCUT2D eigenvalue weighted by atomic mass is 32.1. The highest BCUT2D eigenvalue weighted by Gasteiger charge is 2.16. The first-order chi connectivity index (χ1) is 18.0. The maximum absolute atomic E-state index is 13.2. The van der Waals surface area contributed by atoms with Crippen LogP contribution in [0, 0.1) is 17.0 Å². The van der Waals surface area contributed by atoms with Gasteiger partial charge in [0.05, 0.1) is 15.1 Å². The lowest BCUT2D eigenvalue weighted by atomic mass is 10.1. The Morgan fingerprint density at radius 3 is 2.46 bits per heavy atom. The Labute approximate surface area is 213 Å². The van der Waals surface area contributed by atoms with E-state index in [4.69, 9.17) is 5.10 Å². The van der Waals surface area contributed by atoms with E-state index >= 15 is 0 Å². The number of hydrogen-bond acceptors (Lipinski definition) is 7. The number of aryl methyl sites for hydroxylation is 1. The van der Waals surface area contributed by atoms with Gasteiger partial charge >= 0.3 is 0 Å². The zero-order valence-electron chi connectivity index (χ0n) is 19.5. The summed E-state index contributed by atoms with van der Waals surface area (Å²) in [5.74, 6) is 0.490. The summed E-state index contributed by atoms with van der Waals surface area (Å²) in [6, 6.07) is 23.6. The predicted octanol–water partition coefficient (Wildman–Crippen LogP) is 4.44. The van der Waals surface area contributed by atoms with Gasteiger partial charge in [-0.1, -0.05) is 71.5 Å². The van der Waals surface area contributed by atoms with Crippen LogP contribution >= 0.6 is 11.3 Å². The third-order valence-corrected chi connectivity index (χ3v) is 6.83. The molecule has 3 aromatic carbocycles. The van der Waals surface area contributed by atoms with Crippen molar-refractivity contribution < 1.29 is 4.92 Å². The normalized spacial score (nSPS) is 11.9. The molecule has 0 saturated carbocycles. The molecule has 0 radical (unpaired) electrons. The number of non-ortho nitro benzene ring substituents is 1. The lowest BCUT2D eigenvalue weighted by molar-refractivity contribution is -0.384. The highest BCUT2D eigenvalue weighted by molar-refractivity contribution is 7.15. The van der Waals surface area contributed by atoms with Gasteiger partial charge in [-0.15, -0.1) is 5.10 Å². The number of para-hydroxylation sites is 1. The summed E-state index contributed by atoms with van der Waals surface area (Å²) in [6.07, 6.45) is 3.53. The lowest BCUT2D eigenvalue weighted by Gasteiger charge is -2.00. The number of thiazole rings is 1. The van der Waals surface area contributed by atoms with Crippen LogP contribution in [0.5, 0.6) is 0 Å². The van der Waals surface area contributed by atoms with E-state index in [1.807, 2.05) is 61.5 Å². The monoisotopic (exact) mass is 506 g/mol. The number of hydrogen-bond donors (Lipinski definition) is 0. The lowest BCUT2D eigenvalue weighted by Crippen LogP contribution is -2.23. The van der Waals surface area contributed by atoms with Crippen LogP contribution < -0.4 is 10.1 Å². The summed E-state index contributed by atoms with van der Waals surface area (Å²) in [5, 5.41) is 20.5. The van der Waals surface area contributed by atoms with Crippen molar-refractivity contribution in [3.8, 4) is 28.3 Å². The minimum Gasteiger partial charge on any atom is -0.266 e. The molecule has 0 fully saturated rings. The van der Waals surface area contributed by atoms with Crippen LogP contribution in [0.3, 0.4) is 0 Å². The van der Waals surface area contributed by atoms with Crippen molar-refractivity contribution in [2.24, 2.45) is 0 Å². The molecule has 0 spiro atoms. The van der Waals surface area contributed by atoms with E-state index in [0.29, 0.717) is 32.1 Å². The number of benzene rings is 3. The molecule has 0 atom stereocenters. The van der Waals surface area contributed by atoms with Gasteiger partial charge in [0, 0.05) is 35.0 Å². The Bertz CT molecular complexity index is 1890. The topological polar surface area (TPSA) is 108 Å². The zero-order chi connectivity index (χ0) is 25.5. The summed E-state index contributed by atoms with van der Waals surface area (Å²) >= 11 is 1.23. The van der Waals surface area contributed by atoms with Crippen molar-refractivity contribution in [1.82, 2.24) is 24.4 Å². The molecule has 3 aromatic heterocycles. The van der Waals surface area contributed by atoms with Gasteiger partial charge in [-0.25, -0.2) is 4.68 Å². The minimum atomic E-state index is -0.442. The fraction of sp³-hybridized carbons (Fsp3) is 0.0370. The van der Waals surface area contributed by atoms with E-state index in [2.05, 4.69) is 10.1 Å². The fourth-order valence-electron chi connectivity index (χ4n) is 4.00. The maximum atomic E-state index is 13.2. The zero-order valence-corrected chi connectivity index (χ0v) is 20.3. The van der Waals surface area contributed by atoms with Crippen molar-refractivity contribution in [3.63, 3.8) is 0 Å². The predicted molar refractivity (Wildman–Crippen MR) is 142 cm³/mol. The van der Waals surface area contributed by atoms with Gasteiger partial charge in [0.25, 0.3) is 11.2 Å². The molecule has 3 heterocycles. The summed E-state index contributed by atoms with van der Waals surface area (Å²) in [6.45, 7) is 2.00. The van der Waals surface area contributed by atoms with Crippen molar-refractivity contribution in [1.29, 1.82) is 0 Å². The minimum absolute atomic E-state index is 0.0374. The number of fused-ring (bicyclic) bond motifs is 1. The molecule has 10 heteroatoms. The molecule has 6 rings (SSSR count). The van der Waals surface area contributed by atoms with Gasteiger partial charge in [-0.05, 0) is 25.1 Å². The van der Waals surface area contributed by atoms with Gasteiger partial charge in [0.15, 0.2) is 5.82 Å². The number of nitrogens with zero attached hydrogens (tertiary/aromatic N) is 6. The van der Waals surface area contributed by atoms with Crippen molar-refractivity contribution >= 4 is 28.1 Å². The first-order valence-corrected chi connectivity index (χ1v) is 12.2. The largest absolute Gasteiger partial charge is 0.291 e. The first kappa shape index (κ1) is 22.5. The van der Waals surface area contributed by atoms with E-state index in [-0.39, 0.29) is 11.2 Å². The second-order valence-electron chi connectivity index (χ2n) is 8.43. The second-order valence-corrected chi connectivity index (χ2v) is 9.44. The van der Waals surface area contributed by atoms with Crippen molar-refractivity contribution in [2.45, 2.75) is 6.92 Å². The van der Waals surface area contributed by atoms with E-state index in [1.54, 1.807) is 29.1 Å². The molecule has 0 aliphatic heterocycles. The van der Waals surface area contributed by atoms with Gasteiger partial charge in [-0.3, -0.25) is 14.9 Å². The van der Waals surface area contributed by atoms with Crippen LogP contribution in [0.4, 0.5) is 5.69 Å². The Balaban J connectivity index is 1.49. The SMILES string of the molecule is Cc1ccc(-c2nc3s/c(=C\c4cn(-c5ccccc5)nc4-c4cccc([N+](=O)[O-])c4)c(=O)n3n2)cc1. The van der Waals surface area contributed by atoms with Crippen LogP contribution in [-0.2, 0) is 0 Å². The molecule has 0 saturated heterocycles. The van der Waals surface area contributed by atoms with Crippen molar-refractivity contribution in [3.05, 3.63) is 121 Å². The van der Waals surface area contributed by atoms with Gasteiger partial charge in [-0.2, -0.15) is 14.6 Å². The van der Waals surface area contributed by atoms with Gasteiger partial charge in [0.1, 0.15) is 5.69 Å². The van der Waals surface area contributed by atoms with E-state index < -0.39 is 4.92 Å². The first-order valence-electron chi connectivity index (χ1n) is 11.3. The second kappa shape index (κ2) is 8.92. The molecule has 0 amide bonds. The molecule has 9 nitrogen and oxygen atoms in total. The van der Waals surface area contributed by atoms with Crippen LogP contribution in [0.2, 0.25) is 0 Å². The molecule has 6 aromatic rings. The van der Waals surface area contributed by atoms with Crippen LogP contribution in [0.15, 0.2) is 89.9 Å². The van der Waals surface area contributed by atoms with Gasteiger partial charge in [0.2, 0.25) is 4.96 Å². The van der Waals surface area contributed by atoms with E-state index in [9.17, 15) is 14.9 Å². The molecule has 0 aliphatic rings. The quantitative estimate of drug-likeness (QED) is 0.253. The summed E-state index contributed by atoms with van der Waals surface area (Å²) in [7, 11) is 0. The third kappa shape index (κ3) is 4.19. The van der Waals surface area contributed by atoms with Crippen LogP contribution in [0.1, 0.15) is 11.1 Å². The average Bonchev–Trinajstić information content (AvgIpc) is 3.60. The Morgan fingerprint density at radius 2 is 1.73 bits per heavy atom. The number of nitro groups is 1. The number of rotatable bonds is 5. The van der Waals surface area contributed by atoms with Crippen LogP contribution in [-0.4, -0.2) is 29.3 Å². The fourth-order valence-corrected chi connectivity index (χ4v) is 4.90. The molecule has 0 N–H and O–H groups in total. The maximum Gasteiger partial charge on any atom is 0.291 e. The molecular weight excluding hydrogens is 488 g/mol. The molecule has 180 valence electrons. The Kier molecular flexibility index (Phi) is 5.42. The van der Waals surface area contributed by atoms with Gasteiger partial charge < -0.3 is 0 Å². The smallest absolute Gasteiger partial charge is 0.266 e. The molecule has 0 bridgehead atoms. The highest BCUT2D eigenvalue weighted by Crippen LogP contribution is 2.27. The average molecular weight is 507 g/mol.